The van der Waals surface area contributed by atoms with Crippen molar-refractivity contribution in [3.63, 3.8) is 0 Å². The number of hydrogen-bond acceptors (Lipinski definition) is 7. The van der Waals surface area contributed by atoms with Crippen molar-refractivity contribution >= 4 is 27.5 Å². The fourth-order valence-electron chi connectivity index (χ4n) is 3.29. The van der Waals surface area contributed by atoms with Crippen LogP contribution in [0.25, 0.3) is 0 Å². The van der Waals surface area contributed by atoms with Gasteiger partial charge in [0.15, 0.2) is 14.6 Å². The quantitative estimate of drug-likeness (QED) is 0.332. The van der Waals surface area contributed by atoms with Gasteiger partial charge in [-0.2, -0.15) is 8.78 Å². The van der Waals surface area contributed by atoms with Crippen LogP contribution < -0.4 is 15.5 Å². The monoisotopic (exact) mass is 458 g/mol. The number of sulfone groups is 1. The van der Waals surface area contributed by atoms with Crippen LogP contribution in [-0.4, -0.2) is 43.1 Å². The lowest BCUT2D eigenvalue weighted by atomic mass is 9.96. The van der Waals surface area contributed by atoms with Crippen molar-refractivity contribution < 1.29 is 31.9 Å². The van der Waals surface area contributed by atoms with Gasteiger partial charge < -0.3 is 10.1 Å². The van der Waals surface area contributed by atoms with Gasteiger partial charge in [0.05, 0.1) is 4.90 Å². The number of alkyl halides is 2. The molecule has 0 aromatic heterocycles. The van der Waals surface area contributed by atoms with Crippen molar-refractivity contribution in [1.82, 2.24) is 10.8 Å². The van der Waals surface area contributed by atoms with Crippen molar-refractivity contribution in [2.45, 2.75) is 33.1 Å². The van der Waals surface area contributed by atoms with E-state index in [1.54, 1.807) is 0 Å². The summed E-state index contributed by atoms with van der Waals surface area (Å²) in [4.78, 5) is 12.6. The molecule has 0 spiro atoms. The maximum Gasteiger partial charge on any atom is 0.288 e. The maximum atomic E-state index is 13.2. The van der Waals surface area contributed by atoms with Crippen LogP contribution in [0.4, 0.5) is 8.78 Å². The predicted molar refractivity (Wildman–Crippen MR) is 107 cm³/mol. The zero-order valence-corrected chi connectivity index (χ0v) is 17.3. The number of benzene rings is 2. The van der Waals surface area contributed by atoms with E-state index in [0.29, 0.717) is 41.2 Å². The highest BCUT2D eigenvalue weighted by Crippen LogP contribution is 2.35. The molecule has 1 fully saturated rings. The van der Waals surface area contributed by atoms with E-state index in [-0.39, 0.29) is 17.7 Å². The molecule has 1 amide bonds. The van der Waals surface area contributed by atoms with Gasteiger partial charge in [-0.3, -0.25) is 10.0 Å². The minimum absolute atomic E-state index is 0.0307. The largest absolute Gasteiger partial charge is 0.457 e. The zero-order chi connectivity index (χ0) is 21.8. The summed E-state index contributed by atoms with van der Waals surface area (Å²) in [7, 11) is -4.08. The minimum atomic E-state index is -4.08. The molecule has 1 aliphatic rings. The molecule has 0 bridgehead atoms. The first kappa shape index (κ1) is 22.5. The average molecular weight is 459 g/mol. The van der Waals surface area contributed by atoms with E-state index in [1.807, 2.05) is 0 Å². The normalized spacial score (nSPS) is 16.3. The van der Waals surface area contributed by atoms with Gasteiger partial charge in [-0.1, -0.05) is 11.8 Å². The number of halogens is 2. The summed E-state index contributed by atoms with van der Waals surface area (Å²) in [6, 6.07) is 11.6. The summed E-state index contributed by atoms with van der Waals surface area (Å²) in [6.45, 7) is 0.654. The Bertz CT molecular complexity index is 977. The van der Waals surface area contributed by atoms with E-state index in [1.165, 1.54) is 54.0 Å². The van der Waals surface area contributed by atoms with E-state index < -0.39 is 26.2 Å². The van der Waals surface area contributed by atoms with Crippen molar-refractivity contribution in [1.29, 1.82) is 0 Å². The molecule has 7 nitrogen and oxygen atoms in total. The Morgan fingerprint density at radius 2 is 1.60 bits per heavy atom. The Balaban J connectivity index is 1.79. The van der Waals surface area contributed by atoms with Gasteiger partial charge in [0, 0.05) is 4.90 Å². The van der Waals surface area contributed by atoms with Crippen molar-refractivity contribution in [2.24, 2.45) is 0 Å². The number of hydrogen-bond donors (Lipinski definition) is 3. The van der Waals surface area contributed by atoms with E-state index >= 15 is 0 Å². The molecule has 11 heteroatoms. The molecule has 2 aromatic carbocycles. The lowest BCUT2D eigenvalue weighted by Crippen LogP contribution is -2.57. The van der Waals surface area contributed by atoms with E-state index in [9.17, 15) is 22.0 Å². The predicted octanol–water partition coefficient (Wildman–Crippen LogP) is 3.19. The van der Waals surface area contributed by atoms with Crippen LogP contribution in [0.3, 0.4) is 0 Å². The van der Waals surface area contributed by atoms with Crippen LogP contribution >= 0.6 is 11.8 Å². The van der Waals surface area contributed by atoms with Crippen LogP contribution in [-0.2, 0) is 14.6 Å². The highest BCUT2D eigenvalue weighted by atomic mass is 32.2. The van der Waals surface area contributed by atoms with Crippen LogP contribution in [0.5, 0.6) is 11.5 Å². The van der Waals surface area contributed by atoms with Gasteiger partial charge in [0.1, 0.15) is 11.5 Å². The number of rotatable bonds is 7. The fraction of sp³-hybridized carbons (Fsp3) is 0.316. The number of ether oxygens (including phenoxy) is 1. The third-order valence-corrected chi connectivity index (χ3v) is 8.10. The smallest absolute Gasteiger partial charge is 0.288 e. The summed E-state index contributed by atoms with van der Waals surface area (Å²) in [5, 5.41) is 12.1. The van der Waals surface area contributed by atoms with Gasteiger partial charge in [-0.15, -0.1) is 0 Å². The second-order valence-corrected chi connectivity index (χ2v) is 9.94. The Kier molecular flexibility index (Phi) is 6.96. The number of piperidine rings is 1. The molecule has 162 valence electrons. The Hall–Kier alpha value is -2.21. The minimum Gasteiger partial charge on any atom is -0.457 e. The van der Waals surface area contributed by atoms with Gasteiger partial charge in [0.25, 0.3) is 11.7 Å². The molecule has 30 heavy (non-hydrogen) atoms. The molecule has 0 unspecified atom stereocenters. The summed E-state index contributed by atoms with van der Waals surface area (Å²) in [5.74, 6) is -2.72. The Morgan fingerprint density at radius 1 is 1.07 bits per heavy atom. The second-order valence-electron chi connectivity index (χ2n) is 6.61. The number of amides is 1. The Labute approximate surface area is 176 Å². The van der Waals surface area contributed by atoms with E-state index in [2.05, 4.69) is 5.32 Å². The highest BCUT2D eigenvalue weighted by molar-refractivity contribution is 7.99. The third kappa shape index (κ3) is 4.59. The number of carbonyl (C=O) groups excluding carboxylic acids is 1. The second kappa shape index (κ2) is 9.29. The van der Waals surface area contributed by atoms with Crippen LogP contribution in [0.1, 0.15) is 12.8 Å². The molecule has 0 aliphatic carbocycles. The van der Waals surface area contributed by atoms with Gasteiger partial charge in [-0.25, -0.2) is 13.9 Å². The number of thioether (sulfide) groups is 1. The number of hydroxylamine groups is 1. The summed E-state index contributed by atoms with van der Waals surface area (Å²) >= 11 is 0.425. The lowest BCUT2D eigenvalue weighted by Gasteiger charge is -2.34. The molecule has 1 saturated heterocycles. The molecular weight excluding hydrogens is 438 g/mol. The molecular formula is C19H20F2N2O5S2. The number of nitrogens with one attached hydrogen (secondary N) is 2. The van der Waals surface area contributed by atoms with Gasteiger partial charge in [0.2, 0.25) is 0 Å². The first-order chi connectivity index (χ1) is 14.3. The lowest BCUT2D eigenvalue weighted by molar-refractivity contribution is -0.132. The molecule has 3 N–H and O–H groups in total. The van der Waals surface area contributed by atoms with Crippen molar-refractivity contribution in [3.05, 3.63) is 48.5 Å². The molecule has 3 rings (SSSR count). The molecule has 0 saturated carbocycles. The SMILES string of the molecule is O=C(NO)C1(S(=O)(=O)c2ccc(Oc3ccc(SC(F)F)cc3)cc2)CCNCC1. The molecule has 1 heterocycles. The summed E-state index contributed by atoms with van der Waals surface area (Å²) in [6.07, 6.45) is 0.0614. The summed E-state index contributed by atoms with van der Waals surface area (Å²) in [5.41, 5.74) is 1.49. The summed E-state index contributed by atoms with van der Waals surface area (Å²) < 4.78 is 55.0. The highest BCUT2D eigenvalue weighted by Gasteiger charge is 2.51. The molecule has 2 aromatic rings. The zero-order valence-electron chi connectivity index (χ0n) is 15.7. The van der Waals surface area contributed by atoms with E-state index in [0.717, 1.165) is 0 Å². The topological polar surface area (TPSA) is 105 Å². The molecule has 0 atom stereocenters. The third-order valence-electron chi connectivity index (χ3n) is 4.86. The van der Waals surface area contributed by atoms with Crippen molar-refractivity contribution in [3.8, 4) is 11.5 Å². The standard InChI is InChI=1S/C19H20F2N2O5S2/c20-18(21)29-15-5-1-13(2-6-15)28-14-3-7-16(8-4-14)30(26,27)19(17(24)23-25)9-11-22-12-10-19/h1-8,18,22,25H,9-12H2,(H,23,24). The van der Waals surface area contributed by atoms with E-state index in [4.69, 9.17) is 9.94 Å². The average Bonchev–Trinajstić information content (AvgIpc) is 2.75. The van der Waals surface area contributed by atoms with Crippen LogP contribution in [0.2, 0.25) is 0 Å². The van der Waals surface area contributed by atoms with Gasteiger partial charge >= 0.3 is 0 Å². The molecule has 0 radical (unpaired) electrons. The first-order valence-electron chi connectivity index (χ1n) is 9.01. The van der Waals surface area contributed by atoms with Crippen molar-refractivity contribution in [2.75, 3.05) is 13.1 Å². The molecule has 1 aliphatic heterocycles. The van der Waals surface area contributed by atoms with Crippen LogP contribution in [0.15, 0.2) is 58.3 Å². The number of carbonyl (C=O) groups is 1. The van der Waals surface area contributed by atoms with Gasteiger partial charge in [-0.05, 0) is 74.5 Å². The van der Waals surface area contributed by atoms with Crippen LogP contribution in [0, 0.1) is 0 Å². The fourth-order valence-corrected chi connectivity index (χ4v) is 5.76. The Morgan fingerprint density at radius 3 is 2.10 bits per heavy atom. The first-order valence-corrected chi connectivity index (χ1v) is 11.4. The maximum absolute atomic E-state index is 13.2.